The molecule has 5 nitrogen and oxygen atoms in total. The molecule has 0 aliphatic carbocycles. The Morgan fingerprint density at radius 3 is 2.73 bits per heavy atom. The van der Waals surface area contributed by atoms with Gasteiger partial charge in [0.15, 0.2) is 0 Å². The molecule has 0 aromatic heterocycles. The lowest BCUT2D eigenvalue weighted by Crippen LogP contribution is -2.49. The van der Waals surface area contributed by atoms with Gasteiger partial charge < -0.3 is 16.0 Å². The number of hydrogen-bond donors (Lipinski definition) is 2. The molecule has 1 fully saturated rings. The Labute approximate surface area is 144 Å². The molecular formula is C15H30ClN3O2S. The molecule has 1 aliphatic rings. The zero-order valence-electron chi connectivity index (χ0n) is 13.5. The van der Waals surface area contributed by atoms with Crippen LogP contribution in [0, 0.1) is 0 Å². The number of likely N-dealkylation sites (tertiary alicyclic amines) is 1. The molecule has 0 aromatic rings. The Balaban J connectivity index is 0.00000441. The second-order valence-electron chi connectivity index (χ2n) is 5.53. The van der Waals surface area contributed by atoms with Gasteiger partial charge in [0.1, 0.15) is 0 Å². The van der Waals surface area contributed by atoms with E-state index in [1.54, 1.807) is 0 Å². The molecule has 2 amide bonds. The highest BCUT2D eigenvalue weighted by Crippen LogP contribution is 2.18. The summed E-state index contributed by atoms with van der Waals surface area (Å²) in [5.74, 6) is 1.34. The Hall–Kier alpha value is -0.460. The molecule has 0 saturated carbocycles. The van der Waals surface area contributed by atoms with Crippen molar-refractivity contribution in [2.24, 2.45) is 5.73 Å². The predicted molar refractivity (Wildman–Crippen MR) is 95.5 cm³/mol. The molecule has 22 heavy (non-hydrogen) atoms. The van der Waals surface area contributed by atoms with E-state index in [4.69, 9.17) is 5.73 Å². The van der Waals surface area contributed by atoms with Gasteiger partial charge in [0, 0.05) is 38.5 Å². The number of carbonyl (C=O) groups excluding carboxylic acids is 2. The van der Waals surface area contributed by atoms with E-state index in [0.29, 0.717) is 25.9 Å². The molecule has 1 rings (SSSR count). The number of nitrogens with one attached hydrogen (secondary N) is 1. The number of hydrogen-bond acceptors (Lipinski definition) is 4. The van der Waals surface area contributed by atoms with E-state index in [-0.39, 0.29) is 30.3 Å². The number of amides is 2. The van der Waals surface area contributed by atoms with Gasteiger partial charge in [0.2, 0.25) is 11.8 Å². The van der Waals surface area contributed by atoms with Crippen LogP contribution in [0.1, 0.15) is 44.9 Å². The largest absolute Gasteiger partial charge is 0.354 e. The van der Waals surface area contributed by atoms with Gasteiger partial charge in [-0.15, -0.1) is 12.4 Å². The summed E-state index contributed by atoms with van der Waals surface area (Å²) in [5.41, 5.74) is 5.37. The van der Waals surface area contributed by atoms with Crippen LogP contribution < -0.4 is 11.1 Å². The van der Waals surface area contributed by atoms with Crippen molar-refractivity contribution >= 4 is 36.0 Å². The molecule has 130 valence electrons. The lowest BCUT2D eigenvalue weighted by atomic mass is 10.0. The number of halogens is 1. The molecule has 1 heterocycles. The van der Waals surface area contributed by atoms with Gasteiger partial charge in [-0.05, 0) is 44.1 Å². The minimum atomic E-state index is -0.0181. The molecule has 0 spiro atoms. The molecule has 0 radical (unpaired) electrons. The smallest absolute Gasteiger partial charge is 0.222 e. The summed E-state index contributed by atoms with van der Waals surface area (Å²) in [6.45, 7) is 1.77. The average molecular weight is 352 g/mol. The monoisotopic (exact) mass is 351 g/mol. The van der Waals surface area contributed by atoms with Crippen LogP contribution in [-0.4, -0.2) is 54.4 Å². The summed E-state index contributed by atoms with van der Waals surface area (Å²) in [7, 11) is 0. The van der Waals surface area contributed by atoms with Gasteiger partial charge in [0.05, 0.1) is 0 Å². The fraction of sp³-hybridized carbons (Fsp3) is 0.867. The summed E-state index contributed by atoms with van der Waals surface area (Å²) < 4.78 is 0. The maximum absolute atomic E-state index is 12.3. The third-order valence-electron chi connectivity index (χ3n) is 3.84. The Morgan fingerprint density at radius 1 is 1.27 bits per heavy atom. The molecule has 1 unspecified atom stereocenters. The maximum atomic E-state index is 12.3. The number of nitrogens with two attached hydrogens (primary N) is 1. The standard InChI is InChI=1S/C15H29N3O2S.ClH/c1-21-11-5-3-7-15(20)18-10-4-2-6-13(18)12-17-14(19)8-9-16;/h13H,2-12,16H2,1H3,(H,17,19);1H. The van der Waals surface area contributed by atoms with Crippen molar-refractivity contribution < 1.29 is 9.59 Å². The fourth-order valence-corrected chi connectivity index (χ4v) is 3.15. The highest BCUT2D eigenvalue weighted by atomic mass is 35.5. The number of thioether (sulfide) groups is 1. The van der Waals surface area contributed by atoms with Crippen molar-refractivity contribution in [3.05, 3.63) is 0 Å². The van der Waals surface area contributed by atoms with Crippen LogP contribution in [0.15, 0.2) is 0 Å². The van der Waals surface area contributed by atoms with E-state index in [2.05, 4.69) is 11.6 Å². The normalized spacial score (nSPS) is 17.7. The molecule has 3 N–H and O–H groups in total. The third-order valence-corrected chi connectivity index (χ3v) is 4.54. The van der Waals surface area contributed by atoms with Gasteiger partial charge in [-0.1, -0.05) is 0 Å². The van der Waals surface area contributed by atoms with E-state index in [0.717, 1.165) is 44.4 Å². The van der Waals surface area contributed by atoms with E-state index >= 15 is 0 Å². The van der Waals surface area contributed by atoms with Gasteiger partial charge >= 0.3 is 0 Å². The average Bonchev–Trinajstić information content (AvgIpc) is 2.50. The molecule has 0 bridgehead atoms. The van der Waals surface area contributed by atoms with Gasteiger partial charge in [-0.3, -0.25) is 9.59 Å². The topological polar surface area (TPSA) is 75.4 Å². The molecule has 0 aromatic carbocycles. The molecule has 1 atom stereocenters. The first-order valence-corrected chi connectivity index (χ1v) is 9.33. The van der Waals surface area contributed by atoms with Crippen LogP contribution in [-0.2, 0) is 9.59 Å². The lowest BCUT2D eigenvalue weighted by Gasteiger charge is -2.36. The van der Waals surface area contributed by atoms with E-state index in [9.17, 15) is 9.59 Å². The SMILES string of the molecule is CSCCCCC(=O)N1CCCCC1CNC(=O)CCN.Cl. The van der Waals surface area contributed by atoms with Gasteiger partial charge in [0.25, 0.3) is 0 Å². The van der Waals surface area contributed by atoms with Crippen LogP contribution in [0.25, 0.3) is 0 Å². The number of rotatable bonds is 9. The molecule has 1 saturated heterocycles. The van der Waals surface area contributed by atoms with Crippen molar-refractivity contribution in [2.45, 2.75) is 51.0 Å². The van der Waals surface area contributed by atoms with Crippen molar-refractivity contribution in [3.8, 4) is 0 Å². The van der Waals surface area contributed by atoms with Crippen LogP contribution >= 0.6 is 24.2 Å². The van der Waals surface area contributed by atoms with Crippen LogP contribution in [0.3, 0.4) is 0 Å². The summed E-state index contributed by atoms with van der Waals surface area (Å²) in [4.78, 5) is 25.8. The van der Waals surface area contributed by atoms with Gasteiger partial charge in [-0.2, -0.15) is 11.8 Å². The van der Waals surface area contributed by atoms with E-state index in [1.165, 1.54) is 0 Å². The van der Waals surface area contributed by atoms with Crippen molar-refractivity contribution in [1.82, 2.24) is 10.2 Å². The third kappa shape index (κ3) is 8.25. The molecular weight excluding hydrogens is 322 g/mol. The summed E-state index contributed by atoms with van der Waals surface area (Å²) in [6, 6.07) is 0.161. The zero-order valence-corrected chi connectivity index (χ0v) is 15.1. The Kier molecular flexibility index (Phi) is 12.8. The van der Waals surface area contributed by atoms with Crippen LogP contribution in [0.4, 0.5) is 0 Å². The first-order chi connectivity index (χ1) is 10.2. The lowest BCUT2D eigenvalue weighted by molar-refractivity contribution is -0.135. The summed E-state index contributed by atoms with van der Waals surface area (Å²) in [6.07, 6.45) is 8.33. The number of carbonyl (C=O) groups is 2. The second kappa shape index (κ2) is 13.0. The van der Waals surface area contributed by atoms with E-state index < -0.39 is 0 Å². The van der Waals surface area contributed by atoms with Crippen LogP contribution in [0.2, 0.25) is 0 Å². The minimum Gasteiger partial charge on any atom is -0.354 e. The fourth-order valence-electron chi connectivity index (χ4n) is 2.66. The number of piperidine rings is 1. The Morgan fingerprint density at radius 2 is 2.05 bits per heavy atom. The second-order valence-corrected chi connectivity index (χ2v) is 6.51. The zero-order chi connectivity index (χ0) is 15.5. The number of unbranched alkanes of at least 4 members (excludes halogenated alkanes) is 1. The first-order valence-electron chi connectivity index (χ1n) is 7.94. The first kappa shape index (κ1) is 21.5. The maximum Gasteiger partial charge on any atom is 0.222 e. The summed E-state index contributed by atoms with van der Waals surface area (Å²) >= 11 is 1.82. The quantitative estimate of drug-likeness (QED) is 0.621. The van der Waals surface area contributed by atoms with Crippen molar-refractivity contribution in [2.75, 3.05) is 31.6 Å². The highest BCUT2D eigenvalue weighted by molar-refractivity contribution is 7.98. The number of nitrogens with zero attached hydrogens (tertiary/aromatic N) is 1. The highest BCUT2D eigenvalue weighted by Gasteiger charge is 2.26. The van der Waals surface area contributed by atoms with Crippen LogP contribution in [0.5, 0.6) is 0 Å². The minimum absolute atomic E-state index is 0. The van der Waals surface area contributed by atoms with Gasteiger partial charge in [-0.25, -0.2) is 0 Å². The van der Waals surface area contributed by atoms with E-state index in [1.807, 2.05) is 16.7 Å². The van der Waals surface area contributed by atoms with Crippen molar-refractivity contribution in [3.63, 3.8) is 0 Å². The van der Waals surface area contributed by atoms with Crippen molar-refractivity contribution in [1.29, 1.82) is 0 Å². The predicted octanol–water partition coefficient (Wildman–Crippen LogP) is 1.79. The molecule has 7 heteroatoms. The molecule has 1 aliphatic heterocycles. The summed E-state index contributed by atoms with van der Waals surface area (Å²) in [5, 5.41) is 2.90. The Bertz CT molecular complexity index is 332.